The van der Waals surface area contributed by atoms with Gasteiger partial charge in [-0.15, -0.1) is 0 Å². The molecule has 2 amide bonds. The van der Waals surface area contributed by atoms with E-state index >= 15 is 0 Å². The van der Waals surface area contributed by atoms with Gasteiger partial charge in [-0.3, -0.25) is 0 Å². The topological polar surface area (TPSA) is 75.4 Å². The number of benzene rings is 1. The van der Waals surface area contributed by atoms with Gasteiger partial charge in [-0.2, -0.15) is 0 Å². The molecule has 0 saturated carbocycles. The molecule has 6 nitrogen and oxygen atoms in total. The minimum absolute atomic E-state index is 0.326. The summed E-state index contributed by atoms with van der Waals surface area (Å²) in [5, 5.41) is 3.94. The number of fused-ring (bicyclic) bond motifs is 1. The Morgan fingerprint density at radius 2 is 2.27 bits per heavy atom. The number of aromatic nitrogens is 1. The Morgan fingerprint density at radius 3 is 3.09 bits per heavy atom. The molecule has 0 radical (unpaired) electrons. The van der Waals surface area contributed by atoms with Gasteiger partial charge in [0.1, 0.15) is 0 Å². The fourth-order valence-corrected chi connectivity index (χ4v) is 2.54. The molecule has 2 heterocycles. The number of carbonyl (C=O) groups is 1. The van der Waals surface area contributed by atoms with Crippen molar-refractivity contribution in [2.75, 3.05) is 13.2 Å². The molecule has 0 bridgehead atoms. The van der Waals surface area contributed by atoms with Gasteiger partial charge < -0.3 is 15.0 Å². The first-order valence-electron chi connectivity index (χ1n) is 7.69. The van der Waals surface area contributed by atoms with E-state index in [4.69, 9.17) is 9.57 Å². The third-order valence-corrected chi connectivity index (χ3v) is 3.69. The fourth-order valence-electron chi connectivity index (χ4n) is 2.54. The molecule has 22 heavy (non-hydrogen) atoms. The molecule has 0 unspecified atom stereocenters. The van der Waals surface area contributed by atoms with Crippen molar-refractivity contribution in [2.24, 2.45) is 0 Å². The number of nitrogens with one attached hydrogen (secondary N) is 3. The van der Waals surface area contributed by atoms with E-state index in [0.717, 1.165) is 36.9 Å². The molecule has 1 saturated heterocycles. The van der Waals surface area contributed by atoms with Crippen molar-refractivity contribution in [3.63, 3.8) is 0 Å². The summed E-state index contributed by atoms with van der Waals surface area (Å²) >= 11 is 0. The van der Waals surface area contributed by atoms with Gasteiger partial charge in [-0.1, -0.05) is 18.2 Å². The van der Waals surface area contributed by atoms with E-state index in [2.05, 4.69) is 27.9 Å². The van der Waals surface area contributed by atoms with Gasteiger partial charge in [0.15, 0.2) is 6.29 Å². The monoisotopic (exact) mass is 303 g/mol. The average Bonchev–Trinajstić information content (AvgIpc) is 2.96. The molecule has 6 heteroatoms. The molecule has 3 rings (SSSR count). The summed E-state index contributed by atoms with van der Waals surface area (Å²) in [6, 6.07) is 9.87. The van der Waals surface area contributed by atoms with Gasteiger partial charge in [0.25, 0.3) is 0 Å². The molecule has 1 aliphatic rings. The summed E-state index contributed by atoms with van der Waals surface area (Å²) in [6.07, 6.45) is 3.34. The van der Waals surface area contributed by atoms with Crippen molar-refractivity contribution in [3.05, 3.63) is 36.0 Å². The third-order valence-electron chi connectivity index (χ3n) is 3.69. The van der Waals surface area contributed by atoms with Crippen LogP contribution in [0.1, 0.15) is 25.0 Å². The number of para-hydroxylation sites is 1. The minimum Gasteiger partial charge on any atom is -0.358 e. The van der Waals surface area contributed by atoms with Crippen molar-refractivity contribution in [3.8, 4) is 0 Å². The van der Waals surface area contributed by atoms with E-state index in [1.165, 1.54) is 5.39 Å². The zero-order valence-electron chi connectivity index (χ0n) is 12.4. The van der Waals surface area contributed by atoms with Crippen LogP contribution in [0, 0.1) is 0 Å². The number of hydrogen-bond acceptors (Lipinski definition) is 3. The standard InChI is InChI=1S/C16H21N3O3/c20-16(19-22-15-7-3-4-10-21-15)17-9-8-13-11-12-5-1-2-6-14(12)18-13/h1-2,5-6,11,15,18H,3-4,7-10H2,(H2,17,19,20)/t15-/m1/s1. The highest BCUT2D eigenvalue weighted by Gasteiger charge is 2.15. The maximum atomic E-state index is 11.6. The quantitative estimate of drug-likeness (QED) is 0.743. The van der Waals surface area contributed by atoms with Gasteiger partial charge in [0.2, 0.25) is 0 Å². The SMILES string of the molecule is O=C(NCCc1cc2ccccc2[nH]1)NO[C@@H]1CCCCO1. The molecule has 1 aromatic heterocycles. The maximum absolute atomic E-state index is 11.6. The Hall–Kier alpha value is -2.05. The third kappa shape index (κ3) is 3.99. The second kappa shape index (κ2) is 7.29. The van der Waals surface area contributed by atoms with Crippen LogP contribution in [0.4, 0.5) is 4.79 Å². The summed E-state index contributed by atoms with van der Waals surface area (Å²) in [7, 11) is 0. The van der Waals surface area contributed by atoms with Crippen molar-refractivity contribution >= 4 is 16.9 Å². The molecule has 0 spiro atoms. The number of aromatic amines is 1. The summed E-state index contributed by atoms with van der Waals surface area (Å²) in [5.41, 5.74) is 4.59. The van der Waals surface area contributed by atoms with E-state index < -0.39 is 0 Å². The number of ether oxygens (including phenoxy) is 1. The normalized spacial score (nSPS) is 18.3. The van der Waals surface area contributed by atoms with Crippen molar-refractivity contribution in [1.29, 1.82) is 0 Å². The summed E-state index contributed by atoms with van der Waals surface area (Å²) in [4.78, 5) is 20.2. The number of hydrogen-bond donors (Lipinski definition) is 3. The predicted molar refractivity (Wildman–Crippen MR) is 83.2 cm³/mol. The maximum Gasteiger partial charge on any atom is 0.338 e. The molecule has 1 fully saturated rings. The molecule has 2 aromatic rings. The summed E-state index contributed by atoms with van der Waals surface area (Å²) in [6.45, 7) is 1.22. The van der Waals surface area contributed by atoms with Crippen LogP contribution in [0.25, 0.3) is 10.9 Å². The first-order valence-corrected chi connectivity index (χ1v) is 7.69. The molecule has 1 aromatic carbocycles. The number of rotatable bonds is 5. The zero-order valence-corrected chi connectivity index (χ0v) is 12.4. The molecule has 1 aliphatic heterocycles. The second-order valence-electron chi connectivity index (χ2n) is 5.40. The molecular weight excluding hydrogens is 282 g/mol. The first-order chi connectivity index (χ1) is 10.8. The van der Waals surface area contributed by atoms with Crippen molar-refractivity contribution in [2.45, 2.75) is 32.0 Å². The van der Waals surface area contributed by atoms with E-state index in [0.29, 0.717) is 13.2 Å². The molecule has 1 atom stereocenters. The largest absolute Gasteiger partial charge is 0.358 e. The van der Waals surface area contributed by atoms with E-state index in [1.54, 1.807) is 0 Å². The first kappa shape index (κ1) is 14.9. The van der Waals surface area contributed by atoms with Gasteiger partial charge >= 0.3 is 6.03 Å². The van der Waals surface area contributed by atoms with Gasteiger partial charge in [0.05, 0.1) is 0 Å². The lowest BCUT2D eigenvalue weighted by Gasteiger charge is -2.22. The Morgan fingerprint density at radius 1 is 1.36 bits per heavy atom. The number of hydroxylamine groups is 1. The lowest BCUT2D eigenvalue weighted by Crippen LogP contribution is -2.40. The minimum atomic E-state index is -0.342. The number of H-pyrrole nitrogens is 1. The molecular formula is C16H21N3O3. The highest BCUT2D eigenvalue weighted by Crippen LogP contribution is 2.14. The highest BCUT2D eigenvalue weighted by molar-refractivity contribution is 5.80. The van der Waals surface area contributed by atoms with Crippen LogP contribution in [-0.2, 0) is 16.0 Å². The van der Waals surface area contributed by atoms with Crippen LogP contribution in [0.2, 0.25) is 0 Å². The number of carbonyl (C=O) groups excluding carboxylic acids is 1. The van der Waals surface area contributed by atoms with Crippen molar-refractivity contribution < 1.29 is 14.4 Å². The second-order valence-corrected chi connectivity index (χ2v) is 5.40. The predicted octanol–water partition coefficient (Wildman–Crippen LogP) is 2.47. The fraction of sp³-hybridized carbons (Fsp3) is 0.438. The Labute approximate surface area is 129 Å². The summed E-state index contributed by atoms with van der Waals surface area (Å²) in [5.74, 6) is 0. The highest BCUT2D eigenvalue weighted by atomic mass is 16.8. The Bertz CT molecular complexity index is 587. The van der Waals surface area contributed by atoms with Crippen LogP contribution >= 0.6 is 0 Å². The van der Waals surface area contributed by atoms with Gasteiger partial charge in [-0.25, -0.2) is 15.1 Å². The number of urea groups is 1. The number of amides is 2. The smallest absolute Gasteiger partial charge is 0.338 e. The van der Waals surface area contributed by atoms with Gasteiger partial charge in [0, 0.05) is 37.2 Å². The molecule has 0 aliphatic carbocycles. The van der Waals surface area contributed by atoms with Crippen LogP contribution in [0.3, 0.4) is 0 Å². The van der Waals surface area contributed by atoms with Crippen LogP contribution < -0.4 is 10.8 Å². The average molecular weight is 303 g/mol. The summed E-state index contributed by atoms with van der Waals surface area (Å²) < 4.78 is 5.37. The van der Waals surface area contributed by atoms with Crippen LogP contribution in [0.5, 0.6) is 0 Å². The van der Waals surface area contributed by atoms with Crippen molar-refractivity contribution in [1.82, 2.24) is 15.8 Å². The lowest BCUT2D eigenvalue weighted by molar-refractivity contribution is -0.186. The van der Waals surface area contributed by atoms with Crippen LogP contribution in [0.15, 0.2) is 30.3 Å². The molecule has 118 valence electrons. The van der Waals surface area contributed by atoms with E-state index in [1.807, 2.05) is 18.2 Å². The van der Waals surface area contributed by atoms with E-state index in [-0.39, 0.29) is 12.3 Å². The van der Waals surface area contributed by atoms with Crippen LogP contribution in [-0.4, -0.2) is 30.5 Å². The Kier molecular flexibility index (Phi) is 4.92. The zero-order chi connectivity index (χ0) is 15.2. The molecule has 3 N–H and O–H groups in total. The van der Waals surface area contributed by atoms with Gasteiger partial charge in [-0.05, 0) is 30.4 Å². The Balaban J connectivity index is 1.37. The lowest BCUT2D eigenvalue weighted by atomic mass is 10.2. The van der Waals surface area contributed by atoms with E-state index in [9.17, 15) is 4.79 Å².